The Morgan fingerprint density at radius 2 is 1.76 bits per heavy atom. The molecule has 0 saturated heterocycles. The normalized spacial score (nSPS) is 15.9. The van der Waals surface area contributed by atoms with Crippen molar-refractivity contribution in [2.24, 2.45) is 4.99 Å². The average Bonchev–Trinajstić information content (AvgIpc) is 3.40. The highest BCUT2D eigenvalue weighted by Gasteiger charge is 2.42. The molecule has 0 aliphatic carbocycles. The van der Waals surface area contributed by atoms with E-state index in [0.717, 1.165) is 11.1 Å². The number of allylic oxidation sites excluding steroid dienone is 1. The molecule has 0 radical (unpaired) electrons. The van der Waals surface area contributed by atoms with E-state index in [1.54, 1.807) is 45.4 Å². The number of amides is 1. The summed E-state index contributed by atoms with van der Waals surface area (Å²) in [7, 11) is 3.13. The molecule has 0 spiro atoms. The lowest BCUT2D eigenvalue weighted by Gasteiger charge is -2.37. The Balaban J connectivity index is 1.45. The van der Waals surface area contributed by atoms with Crippen molar-refractivity contribution in [2.45, 2.75) is 32.5 Å². The minimum atomic E-state index is -0.697. The van der Waals surface area contributed by atoms with Crippen LogP contribution < -0.4 is 14.8 Å². The first-order chi connectivity index (χ1) is 20.4. The van der Waals surface area contributed by atoms with Crippen molar-refractivity contribution >= 4 is 28.8 Å². The Hall–Kier alpha value is -4.57. The van der Waals surface area contributed by atoms with Gasteiger partial charge in [-0.3, -0.25) is 4.79 Å². The highest BCUT2D eigenvalue weighted by atomic mass is 32.2. The molecule has 1 unspecified atom stereocenters. The number of halogens is 1. The number of carbonyl (C=O) groups excluding carboxylic acids is 2. The average molecular weight is 588 g/mol. The second-order valence-corrected chi connectivity index (χ2v) is 10.5. The van der Waals surface area contributed by atoms with Gasteiger partial charge in [0.05, 0.1) is 38.0 Å². The summed E-state index contributed by atoms with van der Waals surface area (Å²) in [5.41, 5.74) is 3.80. The molecule has 8 nitrogen and oxygen atoms in total. The predicted molar refractivity (Wildman–Crippen MR) is 159 cm³/mol. The van der Waals surface area contributed by atoms with E-state index in [-0.39, 0.29) is 31.3 Å². The Bertz CT molecular complexity index is 1570. The molecule has 0 saturated carbocycles. The summed E-state index contributed by atoms with van der Waals surface area (Å²) >= 11 is 1.38. The number of ether oxygens (including phenoxy) is 3. The molecule has 3 aromatic rings. The van der Waals surface area contributed by atoms with Gasteiger partial charge in [-0.2, -0.15) is 0 Å². The molecule has 0 fully saturated rings. The summed E-state index contributed by atoms with van der Waals surface area (Å²) in [4.78, 5) is 33.4. The fourth-order valence-corrected chi connectivity index (χ4v) is 5.77. The highest BCUT2D eigenvalue weighted by molar-refractivity contribution is 8.16. The maximum absolute atomic E-state index is 13.7. The molecule has 1 atom stereocenters. The second-order valence-electron chi connectivity index (χ2n) is 9.64. The zero-order valence-corrected chi connectivity index (χ0v) is 24.2. The van der Waals surface area contributed by atoms with E-state index in [2.05, 4.69) is 5.32 Å². The van der Waals surface area contributed by atoms with Crippen molar-refractivity contribution in [3.8, 4) is 11.5 Å². The molecule has 5 rings (SSSR count). The third kappa shape index (κ3) is 6.33. The maximum atomic E-state index is 13.7. The van der Waals surface area contributed by atoms with Gasteiger partial charge in [-0.05, 0) is 53.8 Å². The number of aliphatic imine (C=N–C) groups is 1. The van der Waals surface area contributed by atoms with Crippen molar-refractivity contribution in [1.82, 2.24) is 10.2 Å². The quantitative estimate of drug-likeness (QED) is 0.297. The first-order valence-electron chi connectivity index (χ1n) is 13.3. The lowest BCUT2D eigenvalue weighted by Crippen LogP contribution is -2.38. The third-order valence-corrected chi connectivity index (χ3v) is 7.80. The minimum Gasteiger partial charge on any atom is -0.497 e. The molecule has 0 bridgehead atoms. The Morgan fingerprint density at radius 1 is 1.00 bits per heavy atom. The van der Waals surface area contributed by atoms with Gasteiger partial charge in [0.15, 0.2) is 5.17 Å². The summed E-state index contributed by atoms with van der Waals surface area (Å²) in [6.07, 6.45) is 0.0292. The third-order valence-electron chi connectivity index (χ3n) is 6.91. The summed E-state index contributed by atoms with van der Waals surface area (Å²) in [6, 6.07) is 20.1. The van der Waals surface area contributed by atoms with Gasteiger partial charge in [0, 0.05) is 17.8 Å². The first kappa shape index (κ1) is 28.9. The molecule has 10 heteroatoms. The molecular formula is C32H30FN3O5S. The number of hydrogen-bond donors (Lipinski definition) is 1. The molecular weight excluding hydrogens is 557 g/mol. The summed E-state index contributed by atoms with van der Waals surface area (Å²) in [5.74, 6) is 0.0315. The van der Waals surface area contributed by atoms with E-state index in [1.807, 2.05) is 46.7 Å². The van der Waals surface area contributed by atoms with Gasteiger partial charge in [0.2, 0.25) is 5.91 Å². The number of carbonyl (C=O) groups is 2. The zero-order valence-electron chi connectivity index (χ0n) is 23.4. The molecule has 1 N–H and O–H groups in total. The van der Waals surface area contributed by atoms with Gasteiger partial charge in [-0.25, -0.2) is 14.2 Å². The summed E-state index contributed by atoms with van der Waals surface area (Å²) in [5, 5.41) is 5.38. The Morgan fingerprint density at radius 3 is 2.48 bits per heavy atom. The first-order valence-corrected chi connectivity index (χ1v) is 14.1. The molecule has 3 aromatic carbocycles. The van der Waals surface area contributed by atoms with Gasteiger partial charge < -0.3 is 24.4 Å². The van der Waals surface area contributed by atoms with Gasteiger partial charge in [-0.15, -0.1) is 0 Å². The van der Waals surface area contributed by atoms with Gasteiger partial charge in [0.1, 0.15) is 23.9 Å². The summed E-state index contributed by atoms with van der Waals surface area (Å²) in [6.45, 7) is 2.12. The monoisotopic (exact) mass is 587 g/mol. The van der Waals surface area contributed by atoms with Crippen LogP contribution in [0.3, 0.4) is 0 Å². The van der Waals surface area contributed by atoms with Gasteiger partial charge >= 0.3 is 5.97 Å². The number of benzene rings is 3. The molecule has 0 aromatic heterocycles. The van der Waals surface area contributed by atoms with Crippen LogP contribution in [-0.4, -0.2) is 36.2 Å². The fraction of sp³-hybridized carbons (Fsp3) is 0.219. The van der Waals surface area contributed by atoms with Crippen LogP contribution in [-0.2, 0) is 27.5 Å². The van der Waals surface area contributed by atoms with Crippen LogP contribution in [0.4, 0.5) is 4.39 Å². The number of rotatable bonds is 10. The Kier molecular flexibility index (Phi) is 8.92. The summed E-state index contributed by atoms with van der Waals surface area (Å²) < 4.78 is 30.3. The predicted octanol–water partition coefficient (Wildman–Crippen LogP) is 5.87. The van der Waals surface area contributed by atoms with E-state index in [1.165, 1.54) is 23.9 Å². The van der Waals surface area contributed by atoms with Crippen molar-refractivity contribution in [1.29, 1.82) is 0 Å². The lowest BCUT2D eigenvalue weighted by molar-refractivity contribution is -0.141. The van der Waals surface area contributed by atoms with E-state index in [0.29, 0.717) is 39.2 Å². The standard InChI is InChI=1S/C32H30FN3O5S/c1-20-29(31(38)41-18-22-7-5-4-6-8-22)30(26-16-25(39-2)13-14-27(26)40-3)36-24(19-42-32(36)35-20)15-28(37)34-17-21-9-11-23(33)12-10-21/h4-14,16,19,30H,15,17-18H2,1-3H3,(H,34,37). The Labute approximate surface area is 247 Å². The number of thioether (sulfide) groups is 1. The van der Waals surface area contributed by atoms with E-state index >= 15 is 0 Å². The van der Waals surface area contributed by atoms with Crippen LogP contribution in [0.2, 0.25) is 0 Å². The number of methoxy groups -OCH3 is 2. The number of amidine groups is 1. The number of nitrogens with one attached hydrogen (secondary N) is 1. The SMILES string of the molecule is COc1ccc(OC)c(C2C(C(=O)OCc3ccccc3)=C(C)N=C3SC=C(CC(=O)NCc4ccc(F)cc4)N32)c1. The second kappa shape index (κ2) is 12.9. The van der Waals surface area contributed by atoms with Crippen LogP contribution in [0, 0.1) is 5.82 Å². The number of fused-ring (bicyclic) bond motifs is 1. The topological polar surface area (TPSA) is 89.5 Å². The van der Waals surface area contributed by atoms with E-state index < -0.39 is 12.0 Å². The largest absolute Gasteiger partial charge is 0.497 e. The van der Waals surface area contributed by atoms with Crippen LogP contribution in [0.15, 0.2) is 100 Å². The van der Waals surface area contributed by atoms with Crippen LogP contribution in [0.5, 0.6) is 11.5 Å². The smallest absolute Gasteiger partial charge is 0.338 e. The zero-order chi connectivity index (χ0) is 29.6. The van der Waals surface area contributed by atoms with Crippen LogP contribution in [0.1, 0.15) is 36.1 Å². The molecule has 2 aliphatic rings. The molecule has 2 aliphatic heterocycles. The molecule has 42 heavy (non-hydrogen) atoms. The van der Waals surface area contributed by atoms with Gasteiger partial charge in [0.25, 0.3) is 0 Å². The number of hydrogen-bond acceptors (Lipinski definition) is 8. The maximum Gasteiger partial charge on any atom is 0.338 e. The van der Waals surface area contributed by atoms with Crippen molar-refractivity contribution in [3.05, 3.63) is 118 Å². The van der Waals surface area contributed by atoms with Crippen LogP contribution >= 0.6 is 11.8 Å². The number of esters is 1. The molecule has 216 valence electrons. The number of nitrogens with zero attached hydrogens (tertiary/aromatic N) is 2. The van der Waals surface area contributed by atoms with Crippen LogP contribution in [0.25, 0.3) is 0 Å². The van der Waals surface area contributed by atoms with Gasteiger partial charge in [-0.1, -0.05) is 54.2 Å². The highest BCUT2D eigenvalue weighted by Crippen LogP contribution is 2.47. The van der Waals surface area contributed by atoms with Crippen molar-refractivity contribution < 1.29 is 28.2 Å². The lowest BCUT2D eigenvalue weighted by atomic mass is 9.92. The van der Waals surface area contributed by atoms with E-state index in [4.69, 9.17) is 19.2 Å². The minimum absolute atomic E-state index is 0.0292. The molecule has 2 heterocycles. The van der Waals surface area contributed by atoms with E-state index in [9.17, 15) is 14.0 Å². The fourth-order valence-electron chi connectivity index (χ4n) is 4.81. The van der Waals surface area contributed by atoms with Crippen molar-refractivity contribution in [2.75, 3.05) is 14.2 Å². The molecule has 1 amide bonds. The van der Waals surface area contributed by atoms with Crippen molar-refractivity contribution in [3.63, 3.8) is 0 Å².